The Morgan fingerprint density at radius 2 is 1.86 bits per heavy atom. The number of halogens is 1. The number of hydrogen-bond acceptors (Lipinski definition) is 2. The first-order chi connectivity index (χ1) is 10.4. The number of aryl methyl sites for hydroxylation is 2. The van der Waals surface area contributed by atoms with E-state index in [4.69, 9.17) is 0 Å². The fraction of sp³-hybridized carbons (Fsp3) is 0.529. The molecule has 4 nitrogen and oxygen atoms in total. The number of benzene rings is 1. The molecular weight excluding hydrogens is 346 g/mol. The van der Waals surface area contributed by atoms with E-state index in [0.717, 1.165) is 28.4 Å². The molecule has 118 valence electrons. The summed E-state index contributed by atoms with van der Waals surface area (Å²) in [7, 11) is 0. The van der Waals surface area contributed by atoms with Crippen LogP contribution in [0.4, 0.5) is 0 Å². The van der Waals surface area contributed by atoms with E-state index in [9.17, 15) is 14.7 Å². The molecule has 1 saturated heterocycles. The highest BCUT2D eigenvalue weighted by atomic mass is 79.9. The second kappa shape index (κ2) is 5.69. The molecule has 1 aromatic carbocycles. The van der Waals surface area contributed by atoms with Crippen LogP contribution in [0.3, 0.4) is 0 Å². The first-order valence-electron chi connectivity index (χ1n) is 7.67. The number of carboxylic acids is 1. The van der Waals surface area contributed by atoms with E-state index in [-0.39, 0.29) is 11.8 Å². The zero-order valence-corrected chi connectivity index (χ0v) is 14.4. The minimum Gasteiger partial charge on any atom is -0.481 e. The zero-order chi connectivity index (χ0) is 16.0. The van der Waals surface area contributed by atoms with Crippen molar-refractivity contribution in [2.45, 2.75) is 26.7 Å². The van der Waals surface area contributed by atoms with Gasteiger partial charge in [0.1, 0.15) is 0 Å². The smallest absolute Gasteiger partial charge is 0.308 e. The van der Waals surface area contributed by atoms with E-state index in [1.165, 1.54) is 0 Å². The summed E-state index contributed by atoms with van der Waals surface area (Å²) in [4.78, 5) is 26.0. The van der Waals surface area contributed by atoms with E-state index < -0.39 is 11.9 Å². The molecule has 1 amide bonds. The van der Waals surface area contributed by atoms with Gasteiger partial charge in [-0.3, -0.25) is 9.59 Å². The molecule has 1 aliphatic heterocycles. The number of carbonyl (C=O) groups excluding carboxylic acids is 1. The molecule has 0 spiro atoms. The van der Waals surface area contributed by atoms with Gasteiger partial charge in [0.05, 0.1) is 5.92 Å². The molecule has 2 fully saturated rings. The molecule has 2 atom stereocenters. The summed E-state index contributed by atoms with van der Waals surface area (Å²) in [5.74, 6) is -0.600. The first-order valence-corrected chi connectivity index (χ1v) is 8.46. The molecule has 2 aliphatic rings. The molecule has 1 heterocycles. The highest BCUT2D eigenvalue weighted by Gasteiger charge is 2.47. The van der Waals surface area contributed by atoms with Gasteiger partial charge in [0.2, 0.25) is 0 Å². The van der Waals surface area contributed by atoms with Crippen molar-refractivity contribution in [1.82, 2.24) is 4.90 Å². The largest absolute Gasteiger partial charge is 0.481 e. The molecule has 5 heteroatoms. The van der Waals surface area contributed by atoms with Gasteiger partial charge in [-0.15, -0.1) is 0 Å². The van der Waals surface area contributed by atoms with E-state index >= 15 is 0 Å². The molecule has 3 rings (SSSR count). The van der Waals surface area contributed by atoms with E-state index in [2.05, 4.69) is 15.9 Å². The van der Waals surface area contributed by atoms with Crippen LogP contribution in [0.25, 0.3) is 0 Å². The number of nitrogens with zero attached hydrogens (tertiary/aromatic N) is 1. The summed E-state index contributed by atoms with van der Waals surface area (Å²) in [6.45, 7) is 4.79. The molecule has 0 aromatic heterocycles. The molecule has 1 saturated carbocycles. The van der Waals surface area contributed by atoms with E-state index in [1.54, 1.807) is 4.90 Å². The quantitative estimate of drug-likeness (QED) is 0.894. The average molecular weight is 366 g/mol. The topological polar surface area (TPSA) is 57.6 Å². The number of carbonyl (C=O) groups is 2. The number of hydrogen-bond donors (Lipinski definition) is 1. The minimum absolute atomic E-state index is 0.0394. The lowest BCUT2D eigenvalue weighted by molar-refractivity contribution is -0.142. The molecule has 1 aliphatic carbocycles. The van der Waals surface area contributed by atoms with Gasteiger partial charge in [0.25, 0.3) is 5.91 Å². The van der Waals surface area contributed by atoms with Crippen molar-refractivity contribution in [3.05, 3.63) is 33.3 Å². The van der Waals surface area contributed by atoms with Crippen molar-refractivity contribution < 1.29 is 14.7 Å². The Morgan fingerprint density at radius 3 is 2.45 bits per heavy atom. The second-order valence-corrected chi connectivity index (χ2v) is 7.43. The lowest BCUT2D eigenvalue weighted by Gasteiger charge is -2.18. The Kier molecular flexibility index (Phi) is 4.02. The monoisotopic (exact) mass is 365 g/mol. The van der Waals surface area contributed by atoms with Crippen LogP contribution in [0.15, 0.2) is 16.6 Å². The van der Waals surface area contributed by atoms with Gasteiger partial charge in [-0.25, -0.2) is 0 Å². The molecule has 1 aromatic rings. The van der Waals surface area contributed by atoms with Gasteiger partial charge in [-0.05, 0) is 61.8 Å². The highest BCUT2D eigenvalue weighted by molar-refractivity contribution is 9.10. The van der Waals surface area contributed by atoms with Crippen molar-refractivity contribution in [2.75, 3.05) is 13.1 Å². The molecule has 0 radical (unpaired) electrons. The van der Waals surface area contributed by atoms with Crippen molar-refractivity contribution in [3.8, 4) is 0 Å². The summed E-state index contributed by atoms with van der Waals surface area (Å²) in [5, 5.41) is 9.42. The van der Waals surface area contributed by atoms with Crippen molar-refractivity contribution in [3.63, 3.8) is 0 Å². The Morgan fingerprint density at radius 1 is 1.18 bits per heavy atom. The predicted molar refractivity (Wildman–Crippen MR) is 86.9 cm³/mol. The van der Waals surface area contributed by atoms with Crippen LogP contribution < -0.4 is 0 Å². The molecular formula is C17H20BrNO3. The molecule has 1 N–H and O–H groups in total. The fourth-order valence-electron chi connectivity index (χ4n) is 3.44. The highest BCUT2D eigenvalue weighted by Crippen LogP contribution is 2.44. The predicted octanol–water partition coefficient (Wildman–Crippen LogP) is 3.25. The standard InChI is InChI=1S/C17H20BrNO3/c1-9-6-15(18)10(2)5-12(9)16(20)19-7-13(11-3-4-11)14(8-19)17(21)22/h5-6,11,13-14H,3-4,7-8H2,1-2H3,(H,21,22)/t13-,14+/m1/s1. The van der Waals surface area contributed by atoms with Gasteiger partial charge in [0.15, 0.2) is 0 Å². The SMILES string of the molecule is Cc1cc(C(=O)N2C[C@H](C(=O)O)[C@@H](C3CC3)C2)c(C)cc1Br. The minimum atomic E-state index is -0.768. The third-order valence-electron chi connectivity index (χ3n) is 4.93. The lowest BCUT2D eigenvalue weighted by Crippen LogP contribution is -2.30. The Labute approximate surface area is 138 Å². The average Bonchev–Trinajstić information content (AvgIpc) is 3.20. The van der Waals surface area contributed by atoms with Gasteiger partial charge in [-0.1, -0.05) is 15.9 Å². The van der Waals surface area contributed by atoms with Gasteiger partial charge in [0, 0.05) is 23.1 Å². The summed E-state index contributed by atoms with van der Waals surface area (Å²) < 4.78 is 0.988. The van der Waals surface area contributed by atoms with Crippen LogP contribution in [-0.4, -0.2) is 35.0 Å². The van der Waals surface area contributed by atoms with Crippen LogP contribution in [0.1, 0.15) is 34.3 Å². The molecule has 0 unspecified atom stereocenters. The maximum Gasteiger partial charge on any atom is 0.308 e. The van der Waals surface area contributed by atoms with Gasteiger partial charge < -0.3 is 10.0 Å². The third kappa shape index (κ3) is 2.78. The maximum absolute atomic E-state index is 12.8. The number of aliphatic carboxylic acids is 1. The Hall–Kier alpha value is -1.36. The van der Waals surface area contributed by atoms with Crippen LogP contribution in [0.5, 0.6) is 0 Å². The number of likely N-dealkylation sites (tertiary alicyclic amines) is 1. The normalized spacial score (nSPS) is 24.6. The third-order valence-corrected chi connectivity index (χ3v) is 5.79. The fourth-order valence-corrected chi connectivity index (χ4v) is 3.90. The van der Waals surface area contributed by atoms with E-state index in [1.807, 2.05) is 26.0 Å². The van der Waals surface area contributed by atoms with Gasteiger partial charge >= 0.3 is 5.97 Å². The summed E-state index contributed by atoms with van der Waals surface area (Å²) in [6, 6.07) is 3.84. The van der Waals surface area contributed by atoms with E-state index in [0.29, 0.717) is 24.6 Å². The molecule has 0 bridgehead atoms. The number of rotatable bonds is 3. The van der Waals surface area contributed by atoms with Crippen LogP contribution in [-0.2, 0) is 4.79 Å². The number of carboxylic acid groups (broad SMARTS) is 1. The van der Waals surface area contributed by atoms with Crippen LogP contribution in [0.2, 0.25) is 0 Å². The van der Waals surface area contributed by atoms with Crippen molar-refractivity contribution in [2.24, 2.45) is 17.8 Å². The first kappa shape index (κ1) is 15.5. The van der Waals surface area contributed by atoms with Crippen molar-refractivity contribution in [1.29, 1.82) is 0 Å². The van der Waals surface area contributed by atoms with Crippen molar-refractivity contribution >= 4 is 27.8 Å². The number of amides is 1. The Bertz CT molecular complexity index is 639. The second-order valence-electron chi connectivity index (χ2n) is 6.57. The summed E-state index contributed by atoms with van der Waals surface area (Å²) >= 11 is 3.48. The van der Waals surface area contributed by atoms with Crippen LogP contribution in [0, 0.1) is 31.6 Å². The maximum atomic E-state index is 12.8. The summed E-state index contributed by atoms with van der Waals surface area (Å²) in [5.41, 5.74) is 2.62. The summed E-state index contributed by atoms with van der Waals surface area (Å²) in [6.07, 6.45) is 2.21. The Balaban J connectivity index is 1.84. The molecule has 22 heavy (non-hydrogen) atoms. The lowest BCUT2D eigenvalue weighted by atomic mass is 9.92. The van der Waals surface area contributed by atoms with Crippen LogP contribution >= 0.6 is 15.9 Å². The van der Waals surface area contributed by atoms with Gasteiger partial charge in [-0.2, -0.15) is 0 Å². The zero-order valence-electron chi connectivity index (χ0n) is 12.8.